The van der Waals surface area contributed by atoms with E-state index in [0.29, 0.717) is 24.0 Å². The highest BCUT2D eigenvalue weighted by atomic mass is 35.5. The molecule has 1 saturated carbocycles. The molecule has 0 aromatic heterocycles. The summed E-state index contributed by atoms with van der Waals surface area (Å²) in [6.07, 6.45) is 4.66. The van der Waals surface area contributed by atoms with E-state index in [-0.39, 0.29) is 4.90 Å². The average molecular weight is 331 g/mol. The van der Waals surface area contributed by atoms with Gasteiger partial charge in [-0.2, -0.15) is 0 Å². The molecule has 6 heteroatoms. The largest absolute Gasteiger partial charge is 0.313 e. The van der Waals surface area contributed by atoms with Crippen LogP contribution in [0.25, 0.3) is 0 Å². The molecule has 21 heavy (non-hydrogen) atoms. The van der Waals surface area contributed by atoms with Gasteiger partial charge >= 0.3 is 0 Å². The summed E-state index contributed by atoms with van der Waals surface area (Å²) in [5.41, 5.74) is 0.808. The molecule has 0 amide bonds. The number of sulfonamides is 1. The zero-order valence-electron chi connectivity index (χ0n) is 12.4. The van der Waals surface area contributed by atoms with Crippen molar-refractivity contribution in [3.63, 3.8) is 0 Å². The van der Waals surface area contributed by atoms with Crippen molar-refractivity contribution in [2.24, 2.45) is 5.92 Å². The predicted octanol–water partition coefficient (Wildman–Crippen LogP) is 2.92. The lowest BCUT2D eigenvalue weighted by Crippen LogP contribution is -2.28. The zero-order chi connectivity index (χ0) is 15.3. The Balaban J connectivity index is 2.07. The van der Waals surface area contributed by atoms with Crippen molar-refractivity contribution >= 4 is 21.6 Å². The summed E-state index contributed by atoms with van der Waals surface area (Å²) < 4.78 is 27.4. The minimum Gasteiger partial charge on any atom is -0.313 e. The molecule has 1 aromatic rings. The number of hydrogen-bond acceptors (Lipinski definition) is 3. The fraction of sp³-hybridized carbons (Fsp3) is 0.600. The normalized spacial score (nSPS) is 16.5. The summed E-state index contributed by atoms with van der Waals surface area (Å²) in [6, 6.07) is 4.87. The van der Waals surface area contributed by atoms with Gasteiger partial charge in [0.05, 0.1) is 4.90 Å². The van der Waals surface area contributed by atoms with Gasteiger partial charge in [0, 0.05) is 18.1 Å². The Kier molecular flexibility index (Phi) is 6.05. The Morgan fingerprint density at radius 2 is 2.00 bits per heavy atom. The van der Waals surface area contributed by atoms with Crippen molar-refractivity contribution in [1.82, 2.24) is 10.0 Å². The SMILES string of the molecule is CCNCc1cc(S(=O)(=O)NCC2CCCC2)ccc1Cl. The van der Waals surface area contributed by atoms with E-state index in [1.165, 1.54) is 12.8 Å². The quantitative estimate of drug-likeness (QED) is 0.808. The second-order valence-electron chi connectivity index (χ2n) is 5.54. The van der Waals surface area contributed by atoms with E-state index in [4.69, 9.17) is 11.6 Å². The minimum atomic E-state index is -3.45. The van der Waals surface area contributed by atoms with E-state index in [1.807, 2.05) is 6.92 Å². The van der Waals surface area contributed by atoms with Crippen molar-refractivity contribution in [1.29, 1.82) is 0 Å². The first kappa shape index (κ1) is 16.7. The Morgan fingerprint density at radius 1 is 1.29 bits per heavy atom. The van der Waals surface area contributed by atoms with E-state index in [0.717, 1.165) is 24.9 Å². The van der Waals surface area contributed by atoms with Crippen molar-refractivity contribution in [2.75, 3.05) is 13.1 Å². The molecule has 0 spiro atoms. The standard InChI is InChI=1S/C15H23ClN2O2S/c1-2-17-11-13-9-14(7-8-15(13)16)21(19,20)18-10-12-5-3-4-6-12/h7-9,12,17-18H,2-6,10-11H2,1H3. The first-order chi connectivity index (χ1) is 10.0. The number of hydrogen-bond donors (Lipinski definition) is 2. The van der Waals surface area contributed by atoms with Gasteiger partial charge < -0.3 is 5.32 Å². The minimum absolute atomic E-state index is 0.290. The smallest absolute Gasteiger partial charge is 0.240 e. The second-order valence-corrected chi connectivity index (χ2v) is 7.71. The first-order valence-electron chi connectivity index (χ1n) is 7.51. The van der Waals surface area contributed by atoms with Crippen LogP contribution in [0.15, 0.2) is 23.1 Å². The van der Waals surface area contributed by atoms with Crippen LogP contribution in [0.5, 0.6) is 0 Å². The van der Waals surface area contributed by atoms with Crippen molar-refractivity contribution < 1.29 is 8.42 Å². The van der Waals surface area contributed by atoms with E-state index in [1.54, 1.807) is 18.2 Å². The van der Waals surface area contributed by atoms with Gasteiger partial charge in [-0.25, -0.2) is 13.1 Å². The molecule has 2 rings (SSSR count). The topological polar surface area (TPSA) is 58.2 Å². The number of nitrogens with one attached hydrogen (secondary N) is 2. The third-order valence-electron chi connectivity index (χ3n) is 3.93. The zero-order valence-corrected chi connectivity index (χ0v) is 13.9. The Bertz CT molecular complexity index is 569. The molecule has 2 N–H and O–H groups in total. The van der Waals surface area contributed by atoms with Crippen molar-refractivity contribution in [2.45, 2.75) is 44.0 Å². The van der Waals surface area contributed by atoms with Gasteiger partial charge in [-0.3, -0.25) is 0 Å². The summed E-state index contributed by atoms with van der Waals surface area (Å²) >= 11 is 6.11. The lowest BCUT2D eigenvalue weighted by molar-refractivity contribution is 0.519. The van der Waals surface area contributed by atoms with E-state index in [9.17, 15) is 8.42 Å². The molecule has 4 nitrogen and oxygen atoms in total. The van der Waals surface area contributed by atoms with Crippen LogP contribution >= 0.6 is 11.6 Å². The van der Waals surface area contributed by atoms with Crippen LogP contribution in [0.2, 0.25) is 5.02 Å². The predicted molar refractivity (Wildman–Crippen MR) is 86.0 cm³/mol. The van der Waals surface area contributed by atoms with Crippen LogP contribution in [-0.2, 0) is 16.6 Å². The summed E-state index contributed by atoms with van der Waals surface area (Å²) in [4.78, 5) is 0.290. The molecule has 0 radical (unpaired) electrons. The molecule has 0 bridgehead atoms. The van der Waals surface area contributed by atoms with Crippen molar-refractivity contribution in [3.05, 3.63) is 28.8 Å². The highest BCUT2D eigenvalue weighted by Crippen LogP contribution is 2.25. The molecule has 1 aliphatic carbocycles. The first-order valence-corrected chi connectivity index (χ1v) is 9.38. The lowest BCUT2D eigenvalue weighted by atomic mass is 10.1. The Hall–Kier alpha value is -0.620. The van der Waals surface area contributed by atoms with Gasteiger partial charge in [-0.05, 0) is 49.1 Å². The van der Waals surface area contributed by atoms with Gasteiger partial charge in [0.1, 0.15) is 0 Å². The monoisotopic (exact) mass is 330 g/mol. The summed E-state index contributed by atoms with van der Waals surface area (Å²) in [5.74, 6) is 0.480. The van der Waals surface area contributed by atoms with Crippen LogP contribution in [0.4, 0.5) is 0 Å². The number of halogens is 1. The molecule has 118 valence electrons. The van der Waals surface area contributed by atoms with Crippen LogP contribution in [0, 0.1) is 5.92 Å². The van der Waals surface area contributed by atoms with Crippen LogP contribution < -0.4 is 10.0 Å². The van der Waals surface area contributed by atoms with Crippen molar-refractivity contribution in [3.8, 4) is 0 Å². The maximum absolute atomic E-state index is 12.4. The van der Waals surface area contributed by atoms with Crippen LogP contribution in [0.1, 0.15) is 38.2 Å². The van der Waals surface area contributed by atoms with E-state index >= 15 is 0 Å². The molecular weight excluding hydrogens is 308 g/mol. The van der Waals surface area contributed by atoms with Gasteiger partial charge in [-0.15, -0.1) is 0 Å². The molecule has 0 unspecified atom stereocenters. The fourth-order valence-electron chi connectivity index (χ4n) is 2.64. The Labute approximate surface area is 132 Å². The summed E-state index contributed by atoms with van der Waals surface area (Å²) in [6.45, 7) is 3.92. The van der Waals surface area contributed by atoms with Gasteiger partial charge in [0.25, 0.3) is 0 Å². The molecule has 1 aromatic carbocycles. The van der Waals surface area contributed by atoms with Gasteiger partial charge in [-0.1, -0.05) is 31.4 Å². The number of rotatable bonds is 7. The summed E-state index contributed by atoms with van der Waals surface area (Å²) in [5, 5.41) is 3.75. The van der Waals surface area contributed by atoms with Crippen LogP contribution in [0.3, 0.4) is 0 Å². The third kappa shape index (κ3) is 4.68. The third-order valence-corrected chi connectivity index (χ3v) is 5.72. The fourth-order valence-corrected chi connectivity index (χ4v) is 3.99. The molecule has 0 aliphatic heterocycles. The lowest BCUT2D eigenvalue weighted by Gasteiger charge is -2.13. The Morgan fingerprint density at radius 3 is 2.67 bits per heavy atom. The molecule has 0 saturated heterocycles. The highest BCUT2D eigenvalue weighted by Gasteiger charge is 2.20. The average Bonchev–Trinajstić information content (AvgIpc) is 2.97. The number of benzene rings is 1. The molecule has 1 fully saturated rings. The highest BCUT2D eigenvalue weighted by molar-refractivity contribution is 7.89. The van der Waals surface area contributed by atoms with Gasteiger partial charge in [0.15, 0.2) is 0 Å². The van der Waals surface area contributed by atoms with E-state index in [2.05, 4.69) is 10.0 Å². The maximum Gasteiger partial charge on any atom is 0.240 e. The van der Waals surface area contributed by atoms with Crippen LogP contribution in [-0.4, -0.2) is 21.5 Å². The maximum atomic E-state index is 12.4. The molecule has 1 aliphatic rings. The molecule has 0 atom stereocenters. The second kappa shape index (κ2) is 7.58. The van der Waals surface area contributed by atoms with Gasteiger partial charge in [0.2, 0.25) is 10.0 Å². The molecule has 0 heterocycles. The van der Waals surface area contributed by atoms with E-state index < -0.39 is 10.0 Å². The summed E-state index contributed by atoms with van der Waals surface area (Å²) in [7, 11) is -3.45. The molecular formula is C15H23ClN2O2S.